The second kappa shape index (κ2) is 8.17. The lowest BCUT2D eigenvalue weighted by molar-refractivity contribution is 0.00883. The van der Waals surface area contributed by atoms with Crippen LogP contribution >= 0.6 is 0 Å². The van der Waals surface area contributed by atoms with E-state index in [9.17, 15) is 13.6 Å². The number of rotatable bonds is 4. The Bertz CT molecular complexity index is 1400. The predicted octanol–water partition coefficient (Wildman–Crippen LogP) is 4.68. The molecule has 0 radical (unpaired) electrons. The number of carbonyl (C=O) groups excluding carboxylic acids is 1. The van der Waals surface area contributed by atoms with Crippen molar-refractivity contribution in [3.63, 3.8) is 0 Å². The fourth-order valence-electron chi connectivity index (χ4n) is 4.11. The highest BCUT2D eigenvalue weighted by molar-refractivity contribution is 5.98. The van der Waals surface area contributed by atoms with Gasteiger partial charge in [-0.25, -0.2) is 14.8 Å². The Balaban J connectivity index is 0.00000180. The maximum Gasteiger partial charge on any atom is 0.331 e. The van der Waals surface area contributed by atoms with Gasteiger partial charge in [-0.05, 0) is 37.6 Å². The number of aryl methyl sites for hydroxylation is 1. The molecule has 0 unspecified atom stereocenters. The average molecular weight is 472 g/mol. The predicted molar refractivity (Wildman–Crippen MR) is 125 cm³/mol. The van der Waals surface area contributed by atoms with Crippen LogP contribution < -0.4 is 15.4 Å². The zero-order valence-electron chi connectivity index (χ0n) is 18.8. The minimum absolute atomic E-state index is 0. The second-order valence-corrected chi connectivity index (χ2v) is 8.46. The highest BCUT2D eigenvalue weighted by Crippen LogP contribution is 2.31. The van der Waals surface area contributed by atoms with Crippen LogP contribution in [0.25, 0.3) is 10.9 Å². The topological polar surface area (TPSA) is 98.9 Å². The van der Waals surface area contributed by atoms with E-state index in [0.717, 1.165) is 40.7 Å². The van der Waals surface area contributed by atoms with E-state index < -0.39 is 12.0 Å². The van der Waals surface area contributed by atoms with E-state index in [-0.39, 0.29) is 14.4 Å². The van der Waals surface area contributed by atoms with Crippen molar-refractivity contribution in [2.45, 2.75) is 38.8 Å². The summed E-state index contributed by atoms with van der Waals surface area (Å²) in [7, 11) is 1.40. The molecule has 11 heteroatoms. The van der Waals surface area contributed by atoms with Crippen LogP contribution in [0.5, 0.6) is 11.6 Å². The van der Waals surface area contributed by atoms with Crippen molar-refractivity contribution in [3.8, 4) is 11.6 Å². The van der Waals surface area contributed by atoms with Gasteiger partial charge < -0.3 is 10.1 Å². The van der Waals surface area contributed by atoms with Gasteiger partial charge in [0.2, 0.25) is 5.88 Å². The molecule has 0 saturated heterocycles. The normalized spacial score (nSPS) is 15.9. The second-order valence-electron chi connectivity index (χ2n) is 8.46. The lowest BCUT2D eigenvalue weighted by Gasteiger charge is -2.23. The molecule has 1 aromatic carbocycles. The number of alkyl halides is 2. The van der Waals surface area contributed by atoms with Crippen molar-refractivity contribution in [2.75, 3.05) is 5.32 Å². The third kappa shape index (κ3) is 4.10. The highest BCUT2D eigenvalue weighted by atomic mass is 19.3. The lowest BCUT2D eigenvalue weighted by atomic mass is 10.0. The summed E-state index contributed by atoms with van der Waals surface area (Å²) < 4.78 is 35.8. The molecule has 0 bridgehead atoms. The number of ether oxygens (including phenoxy) is 1. The molecule has 1 aliphatic heterocycles. The standard InChI is InChI=1S/C23H23F2N7O2.2H2/c1-13-8-16-17(11-26-13)27-12-28-21(16)34-15-4-5-18-14(9-15)6-7-32(18)22(33)29-20-10-19(23(2,24)25)31(3)30-20;;/h4-7,9-10,12-13,26H,8,11H2,1-3H3,(H,29,30,33);2*1H/t13-;;/m0../s1. The van der Waals surface area contributed by atoms with Crippen LogP contribution in [0.1, 0.15) is 33.7 Å². The number of halogens is 2. The smallest absolute Gasteiger partial charge is 0.331 e. The molecule has 1 amide bonds. The zero-order chi connectivity index (χ0) is 24.0. The van der Waals surface area contributed by atoms with Crippen molar-refractivity contribution in [1.82, 2.24) is 29.6 Å². The van der Waals surface area contributed by atoms with Gasteiger partial charge in [0.25, 0.3) is 5.92 Å². The molecular weight excluding hydrogens is 444 g/mol. The molecule has 180 valence electrons. The SMILES string of the molecule is C[C@H]1Cc2c(ncnc2Oc2ccc3c(ccn3C(=O)Nc3cc(C(C)(F)F)n(C)n3)c2)CN1.[HH].[HH]. The average Bonchev–Trinajstić information content (AvgIpc) is 3.37. The van der Waals surface area contributed by atoms with Gasteiger partial charge in [0.1, 0.15) is 17.8 Å². The summed E-state index contributed by atoms with van der Waals surface area (Å²) in [5.41, 5.74) is 2.24. The van der Waals surface area contributed by atoms with Crippen molar-refractivity contribution in [1.29, 1.82) is 0 Å². The lowest BCUT2D eigenvalue weighted by Crippen LogP contribution is -2.33. The third-order valence-electron chi connectivity index (χ3n) is 5.78. The molecule has 3 aromatic heterocycles. The molecule has 1 atom stereocenters. The van der Waals surface area contributed by atoms with Crippen LogP contribution in [-0.4, -0.2) is 36.4 Å². The number of carbonyl (C=O) groups is 1. The minimum Gasteiger partial charge on any atom is -0.439 e. The Morgan fingerprint density at radius 3 is 2.88 bits per heavy atom. The Hall–Kier alpha value is -3.86. The number of benzene rings is 1. The van der Waals surface area contributed by atoms with Gasteiger partial charge in [0, 0.05) is 52.6 Å². The molecular formula is C23H27F2N7O2. The Morgan fingerprint density at radius 1 is 1.29 bits per heavy atom. The number of nitrogens with one attached hydrogen (secondary N) is 2. The maximum absolute atomic E-state index is 13.7. The number of nitrogens with zero attached hydrogens (tertiary/aromatic N) is 5. The van der Waals surface area contributed by atoms with Crippen LogP contribution in [0.15, 0.2) is 42.9 Å². The fraction of sp³-hybridized carbons (Fsp3) is 0.304. The minimum atomic E-state index is -3.07. The molecule has 1 aliphatic rings. The van der Waals surface area contributed by atoms with Crippen molar-refractivity contribution >= 4 is 22.8 Å². The summed E-state index contributed by atoms with van der Waals surface area (Å²) in [6.45, 7) is 3.54. The van der Waals surface area contributed by atoms with E-state index in [4.69, 9.17) is 4.74 Å². The van der Waals surface area contributed by atoms with E-state index in [2.05, 4.69) is 32.6 Å². The Labute approximate surface area is 196 Å². The first kappa shape index (κ1) is 22.0. The van der Waals surface area contributed by atoms with Crippen LogP contribution in [0.2, 0.25) is 0 Å². The molecule has 0 spiro atoms. The van der Waals surface area contributed by atoms with E-state index in [1.165, 1.54) is 17.9 Å². The van der Waals surface area contributed by atoms with Crippen LogP contribution in [-0.2, 0) is 25.9 Å². The molecule has 0 aliphatic carbocycles. The molecule has 34 heavy (non-hydrogen) atoms. The van der Waals surface area contributed by atoms with Gasteiger partial charge in [-0.15, -0.1) is 0 Å². The van der Waals surface area contributed by atoms with Crippen LogP contribution in [0.3, 0.4) is 0 Å². The van der Waals surface area contributed by atoms with Crippen molar-refractivity contribution < 1.29 is 21.2 Å². The number of hydrogen-bond donors (Lipinski definition) is 2. The van der Waals surface area contributed by atoms with Gasteiger partial charge in [0.05, 0.1) is 11.2 Å². The zero-order valence-corrected chi connectivity index (χ0v) is 18.8. The van der Waals surface area contributed by atoms with Gasteiger partial charge >= 0.3 is 6.03 Å². The maximum atomic E-state index is 13.7. The summed E-state index contributed by atoms with van der Waals surface area (Å²) in [6.07, 6.45) is 3.86. The van der Waals surface area contributed by atoms with Crippen molar-refractivity contribution in [3.05, 3.63) is 59.8 Å². The quantitative estimate of drug-likeness (QED) is 0.449. The summed E-state index contributed by atoms with van der Waals surface area (Å²) in [5.74, 6) is -1.92. The molecule has 2 N–H and O–H groups in total. The Morgan fingerprint density at radius 2 is 2.12 bits per heavy atom. The van der Waals surface area contributed by atoms with Gasteiger partial charge in [-0.3, -0.25) is 14.6 Å². The largest absolute Gasteiger partial charge is 0.439 e. The van der Waals surface area contributed by atoms with Crippen LogP contribution in [0, 0.1) is 0 Å². The number of amides is 1. The van der Waals surface area contributed by atoms with Gasteiger partial charge in [-0.2, -0.15) is 13.9 Å². The van der Waals surface area contributed by atoms with E-state index >= 15 is 0 Å². The number of anilines is 1. The fourth-order valence-corrected chi connectivity index (χ4v) is 4.11. The van der Waals surface area contributed by atoms with Gasteiger partial charge in [-0.1, -0.05) is 0 Å². The molecule has 0 saturated carbocycles. The summed E-state index contributed by atoms with van der Waals surface area (Å²) in [6, 6.07) is 8.04. The summed E-state index contributed by atoms with van der Waals surface area (Å²) >= 11 is 0. The molecule has 4 heterocycles. The molecule has 4 aromatic rings. The number of fused-ring (bicyclic) bond motifs is 2. The first-order valence-electron chi connectivity index (χ1n) is 10.8. The monoisotopic (exact) mass is 471 g/mol. The number of aromatic nitrogens is 5. The first-order valence-corrected chi connectivity index (χ1v) is 10.8. The summed E-state index contributed by atoms with van der Waals surface area (Å²) in [4.78, 5) is 21.4. The van der Waals surface area contributed by atoms with Crippen LogP contribution in [0.4, 0.5) is 19.4 Å². The molecule has 0 fully saturated rings. The van der Waals surface area contributed by atoms with E-state index in [1.807, 2.05) is 6.07 Å². The first-order chi connectivity index (χ1) is 16.2. The highest BCUT2D eigenvalue weighted by Gasteiger charge is 2.29. The number of hydrogen-bond acceptors (Lipinski definition) is 6. The Kier molecular flexibility index (Phi) is 5.28. The van der Waals surface area contributed by atoms with Crippen molar-refractivity contribution in [2.24, 2.45) is 7.05 Å². The van der Waals surface area contributed by atoms with Gasteiger partial charge in [0.15, 0.2) is 5.82 Å². The molecule has 5 rings (SSSR count). The van der Waals surface area contributed by atoms with E-state index in [1.54, 1.807) is 24.4 Å². The summed E-state index contributed by atoms with van der Waals surface area (Å²) in [5, 5.41) is 10.7. The van der Waals surface area contributed by atoms with E-state index in [0.29, 0.717) is 29.7 Å². The third-order valence-corrected chi connectivity index (χ3v) is 5.78. The molecule has 9 nitrogen and oxygen atoms in total.